The van der Waals surface area contributed by atoms with Gasteiger partial charge in [0.2, 0.25) is 0 Å². The normalized spacial score (nSPS) is 12.2. The molecule has 0 spiro atoms. The number of hydrogen-bond acceptors (Lipinski definition) is 3. The molecule has 2 rings (SSSR count). The highest BCUT2D eigenvalue weighted by Gasteiger charge is 2.09. The highest BCUT2D eigenvalue weighted by atomic mass is 35.5. The second-order valence-electron chi connectivity index (χ2n) is 4.62. The second-order valence-corrected chi connectivity index (χ2v) is 5.06. The fourth-order valence-electron chi connectivity index (χ4n) is 1.83. The van der Waals surface area contributed by atoms with Crippen molar-refractivity contribution in [2.75, 3.05) is 0 Å². The summed E-state index contributed by atoms with van der Waals surface area (Å²) in [6, 6.07) is 9.41. The Morgan fingerprint density at radius 2 is 2.11 bits per heavy atom. The van der Waals surface area contributed by atoms with Gasteiger partial charge in [-0.1, -0.05) is 17.7 Å². The van der Waals surface area contributed by atoms with Crippen LogP contribution in [0.1, 0.15) is 18.2 Å². The van der Waals surface area contributed by atoms with E-state index in [4.69, 9.17) is 22.1 Å². The van der Waals surface area contributed by atoms with Crippen molar-refractivity contribution in [3.63, 3.8) is 0 Å². The molecule has 2 N–H and O–H groups in total. The van der Waals surface area contributed by atoms with Gasteiger partial charge in [0.05, 0.1) is 5.69 Å². The number of benzene rings is 1. The van der Waals surface area contributed by atoms with Gasteiger partial charge in [-0.3, -0.25) is 4.98 Å². The molecule has 1 aromatic heterocycles. The number of ether oxygens (including phenoxy) is 1. The molecule has 3 nitrogen and oxygen atoms in total. The van der Waals surface area contributed by atoms with Crippen molar-refractivity contribution in [3.8, 4) is 11.5 Å². The van der Waals surface area contributed by atoms with E-state index in [1.54, 1.807) is 6.20 Å². The molecule has 1 unspecified atom stereocenters. The molecule has 0 saturated heterocycles. The molecule has 0 aliphatic heterocycles. The van der Waals surface area contributed by atoms with Gasteiger partial charge in [-0.15, -0.1) is 0 Å². The van der Waals surface area contributed by atoms with Gasteiger partial charge < -0.3 is 10.5 Å². The maximum atomic E-state index is 6.03. The van der Waals surface area contributed by atoms with Crippen LogP contribution in [0.4, 0.5) is 0 Å². The number of nitrogens with two attached hydrogens (primary N) is 1. The van der Waals surface area contributed by atoms with E-state index in [-0.39, 0.29) is 6.04 Å². The van der Waals surface area contributed by atoms with Gasteiger partial charge >= 0.3 is 0 Å². The van der Waals surface area contributed by atoms with Crippen molar-refractivity contribution in [1.82, 2.24) is 4.98 Å². The van der Waals surface area contributed by atoms with Gasteiger partial charge in [-0.2, -0.15) is 0 Å². The molecular weight excluding hydrogens is 260 g/mol. The molecule has 0 aliphatic carbocycles. The maximum absolute atomic E-state index is 6.03. The van der Waals surface area contributed by atoms with Crippen LogP contribution in [0, 0.1) is 6.92 Å². The van der Waals surface area contributed by atoms with E-state index in [1.807, 2.05) is 44.2 Å². The SMILES string of the molecule is Cc1ncccc1Oc1cc(Cl)ccc1CC(C)N. The minimum Gasteiger partial charge on any atom is -0.455 e. The molecule has 0 saturated carbocycles. The van der Waals surface area contributed by atoms with Gasteiger partial charge in [0.15, 0.2) is 0 Å². The van der Waals surface area contributed by atoms with Crippen LogP contribution in [0.15, 0.2) is 36.5 Å². The molecule has 1 atom stereocenters. The van der Waals surface area contributed by atoms with E-state index in [0.29, 0.717) is 5.02 Å². The van der Waals surface area contributed by atoms with Crippen LogP contribution in [0.25, 0.3) is 0 Å². The lowest BCUT2D eigenvalue weighted by Gasteiger charge is -2.14. The Hall–Kier alpha value is -1.58. The maximum Gasteiger partial charge on any atom is 0.148 e. The molecule has 19 heavy (non-hydrogen) atoms. The van der Waals surface area contributed by atoms with Gasteiger partial charge in [-0.25, -0.2) is 0 Å². The Bertz CT molecular complexity index is 570. The van der Waals surface area contributed by atoms with Crippen LogP contribution >= 0.6 is 11.6 Å². The first kappa shape index (κ1) is 13.8. The van der Waals surface area contributed by atoms with E-state index in [0.717, 1.165) is 29.2 Å². The standard InChI is InChI=1S/C15H17ClN2O/c1-10(17)8-12-5-6-13(16)9-15(12)19-14-4-3-7-18-11(14)2/h3-7,9-10H,8,17H2,1-2H3. The zero-order valence-corrected chi connectivity index (χ0v) is 11.8. The molecule has 0 amide bonds. The number of hydrogen-bond donors (Lipinski definition) is 1. The van der Waals surface area contributed by atoms with Crippen molar-refractivity contribution in [3.05, 3.63) is 52.8 Å². The van der Waals surface area contributed by atoms with Crippen LogP contribution in [-0.4, -0.2) is 11.0 Å². The number of aryl methyl sites for hydroxylation is 1. The second kappa shape index (κ2) is 6.04. The molecule has 0 aliphatic rings. The zero-order valence-electron chi connectivity index (χ0n) is 11.1. The summed E-state index contributed by atoms with van der Waals surface area (Å²) in [5.41, 5.74) is 7.74. The Morgan fingerprint density at radius 1 is 1.32 bits per heavy atom. The molecule has 2 aromatic rings. The van der Waals surface area contributed by atoms with Crippen LogP contribution in [-0.2, 0) is 6.42 Å². The van der Waals surface area contributed by atoms with Crippen molar-refractivity contribution >= 4 is 11.6 Å². The summed E-state index contributed by atoms with van der Waals surface area (Å²) >= 11 is 6.03. The van der Waals surface area contributed by atoms with Crippen LogP contribution in [0.3, 0.4) is 0 Å². The molecule has 1 aromatic carbocycles. The number of nitrogens with zero attached hydrogens (tertiary/aromatic N) is 1. The molecule has 1 heterocycles. The van der Waals surface area contributed by atoms with Crippen LogP contribution in [0.5, 0.6) is 11.5 Å². The summed E-state index contributed by atoms with van der Waals surface area (Å²) in [5, 5.41) is 0.643. The molecule has 0 bridgehead atoms. The number of halogens is 1. The third kappa shape index (κ3) is 3.69. The van der Waals surface area contributed by atoms with Crippen molar-refractivity contribution in [2.45, 2.75) is 26.3 Å². The quantitative estimate of drug-likeness (QED) is 0.926. The van der Waals surface area contributed by atoms with Gasteiger partial charge in [-0.05, 0) is 50.1 Å². The highest BCUT2D eigenvalue weighted by molar-refractivity contribution is 6.30. The summed E-state index contributed by atoms with van der Waals surface area (Å²) in [4.78, 5) is 4.21. The van der Waals surface area contributed by atoms with Crippen LogP contribution in [0.2, 0.25) is 5.02 Å². The van der Waals surface area contributed by atoms with Crippen LogP contribution < -0.4 is 10.5 Å². The van der Waals surface area contributed by atoms with E-state index in [9.17, 15) is 0 Å². The number of pyridine rings is 1. The largest absolute Gasteiger partial charge is 0.455 e. The van der Waals surface area contributed by atoms with Gasteiger partial charge in [0.1, 0.15) is 11.5 Å². The minimum atomic E-state index is 0.0681. The molecule has 0 radical (unpaired) electrons. The lowest BCUT2D eigenvalue weighted by molar-refractivity contribution is 0.467. The minimum absolute atomic E-state index is 0.0681. The number of rotatable bonds is 4. The first-order chi connectivity index (χ1) is 9.06. The van der Waals surface area contributed by atoms with E-state index in [1.165, 1.54) is 0 Å². The first-order valence-electron chi connectivity index (χ1n) is 6.19. The van der Waals surface area contributed by atoms with Crippen molar-refractivity contribution < 1.29 is 4.74 Å². The Balaban J connectivity index is 2.33. The molecule has 4 heteroatoms. The van der Waals surface area contributed by atoms with E-state index in [2.05, 4.69) is 4.98 Å². The predicted molar refractivity (Wildman–Crippen MR) is 77.9 cm³/mol. The monoisotopic (exact) mass is 276 g/mol. The van der Waals surface area contributed by atoms with E-state index < -0.39 is 0 Å². The van der Waals surface area contributed by atoms with Gasteiger partial charge in [0.25, 0.3) is 0 Å². The van der Waals surface area contributed by atoms with E-state index >= 15 is 0 Å². The molecule has 0 fully saturated rings. The summed E-state index contributed by atoms with van der Waals surface area (Å²) in [5.74, 6) is 1.47. The average Bonchev–Trinajstić information content (AvgIpc) is 2.35. The Labute approximate surface area is 118 Å². The summed E-state index contributed by atoms with van der Waals surface area (Å²) < 4.78 is 5.92. The highest BCUT2D eigenvalue weighted by Crippen LogP contribution is 2.30. The van der Waals surface area contributed by atoms with Crippen molar-refractivity contribution in [2.24, 2.45) is 5.73 Å². The van der Waals surface area contributed by atoms with Gasteiger partial charge in [0, 0.05) is 17.3 Å². The fourth-order valence-corrected chi connectivity index (χ4v) is 2.00. The average molecular weight is 277 g/mol. The Morgan fingerprint density at radius 3 is 2.79 bits per heavy atom. The summed E-state index contributed by atoms with van der Waals surface area (Å²) in [6.07, 6.45) is 2.48. The smallest absolute Gasteiger partial charge is 0.148 e. The summed E-state index contributed by atoms with van der Waals surface area (Å²) in [7, 11) is 0. The molecule has 100 valence electrons. The number of aromatic nitrogens is 1. The predicted octanol–water partition coefficient (Wildman–Crippen LogP) is 3.73. The Kier molecular flexibility index (Phi) is 4.40. The third-order valence-electron chi connectivity index (χ3n) is 2.75. The zero-order chi connectivity index (χ0) is 13.8. The fraction of sp³-hybridized carbons (Fsp3) is 0.267. The molecular formula is C15H17ClN2O. The third-order valence-corrected chi connectivity index (χ3v) is 2.98. The van der Waals surface area contributed by atoms with Crippen molar-refractivity contribution in [1.29, 1.82) is 0 Å². The first-order valence-corrected chi connectivity index (χ1v) is 6.57. The lowest BCUT2D eigenvalue weighted by atomic mass is 10.1. The lowest BCUT2D eigenvalue weighted by Crippen LogP contribution is -2.18. The summed E-state index contributed by atoms with van der Waals surface area (Å²) in [6.45, 7) is 3.87. The topological polar surface area (TPSA) is 48.1 Å².